The van der Waals surface area contributed by atoms with Crippen molar-refractivity contribution >= 4 is 22.3 Å². The Hall–Kier alpha value is -2.00. The van der Waals surface area contributed by atoms with E-state index < -0.39 is 6.10 Å². The van der Waals surface area contributed by atoms with E-state index in [1.165, 1.54) is 0 Å². The number of carbonyl (C=O) groups excluding carboxylic acids is 2. The normalized spacial score (nSPS) is 19.5. The Morgan fingerprint density at radius 3 is 2.24 bits per heavy atom. The highest BCUT2D eigenvalue weighted by Gasteiger charge is 2.31. The van der Waals surface area contributed by atoms with E-state index in [9.17, 15) is 14.7 Å². The average molecular weight is 226 g/mol. The third-order valence-electron chi connectivity index (χ3n) is 3.13. The smallest absolute Gasteiger partial charge is 0.192 e. The Kier molecular flexibility index (Phi) is 2.09. The first kappa shape index (κ1) is 10.2. The average Bonchev–Trinajstić information content (AvgIpc) is 2.34. The van der Waals surface area contributed by atoms with Crippen LogP contribution in [-0.4, -0.2) is 22.8 Å². The lowest BCUT2D eigenvalue weighted by Gasteiger charge is -2.18. The lowest BCUT2D eigenvalue weighted by Crippen LogP contribution is -2.31. The molecule has 0 bridgehead atoms. The molecule has 1 N–H and O–H groups in total. The van der Waals surface area contributed by atoms with Crippen LogP contribution in [0.15, 0.2) is 36.4 Å². The lowest BCUT2D eigenvalue weighted by molar-refractivity contribution is 0.0653. The molecule has 0 saturated carbocycles. The molecule has 1 aliphatic rings. The maximum absolute atomic E-state index is 11.8. The van der Waals surface area contributed by atoms with E-state index in [1.807, 2.05) is 24.3 Å². The summed E-state index contributed by atoms with van der Waals surface area (Å²) in [5.41, 5.74) is 0.770. The number of aliphatic hydroxyl groups is 1. The molecule has 0 heterocycles. The minimum atomic E-state index is -1.18. The Morgan fingerprint density at radius 1 is 1.00 bits per heavy atom. The molecule has 2 aromatic rings. The van der Waals surface area contributed by atoms with Crippen molar-refractivity contribution in [3.63, 3.8) is 0 Å². The highest BCUT2D eigenvalue weighted by Crippen LogP contribution is 2.26. The van der Waals surface area contributed by atoms with E-state index >= 15 is 0 Å². The molecule has 17 heavy (non-hydrogen) atoms. The van der Waals surface area contributed by atoms with Crippen molar-refractivity contribution in [3.8, 4) is 0 Å². The molecule has 1 atom stereocenters. The van der Waals surface area contributed by atoms with Crippen molar-refractivity contribution in [3.05, 3.63) is 47.5 Å². The number of hydrogen-bond donors (Lipinski definition) is 1. The molecule has 3 nitrogen and oxygen atoms in total. The van der Waals surface area contributed by atoms with E-state index in [4.69, 9.17) is 0 Å². The molecule has 3 rings (SSSR count). The summed E-state index contributed by atoms with van der Waals surface area (Å²) in [5.74, 6) is -0.525. The van der Waals surface area contributed by atoms with Crippen LogP contribution < -0.4 is 0 Å². The van der Waals surface area contributed by atoms with Gasteiger partial charge in [0.25, 0.3) is 0 Å². The summed E-state index contributed by atoms with van der Waals surface area (Å²) in [6.07, 6.45) is -1.29. The van der Waals surface area contributed by atoms with E-state index in [1.54, 1.807) is 12.1 Å². The molecule has 0 amide bonds. The lowest BCUT2D eigenvalue weighted by atomic mass is 9.86. The van der Waals surface area contributed by atoms with Gasteiger partial charge in [-0.25, -0.2) is 0 Å². The molecular weight excluding hydrogens is 216 g/mol. The number of benzene rings is 2. The summed E-state index contributed by atoms with van der Waals surface area (Å²) in [4.78, 5) is 23.6. The molecule has 0 aromatic heterocycles. The van der Waals surface area contributed by atoms with Crippen LogP contribution in [0.2, 0.25) is 0 Å². The third kappa shape index (κ3) is 1.47. The van der Waals surface area contributed by atoms with Crippen molar-refractivity contribution in [1.82, 2.24) is 0 Å². The van der Waals surface area contributed by atoms with Gasteiger partial charge >= 0.3 is 0 Å². The monoisotopic (exact) mass is 226 g/mol. The van der Waals surface area contributed by atoms with Gasteiger partial charge in [-0.2, -0.15) is 0 Å². The molecule has 3 heteroatoms. The first-order valence-corrected chi connectivity index (χ1v) is 5.45. The van der Waals surface area contributed by atoms with Gasteiger partial charge in [-0.05, 0) is 22.9 Å². The fourth-order valence-electron chi connectivity index (χ4n) is 2.23. The van der Waals surface area contributed by atoms with Gasteiger partial charge < -0.3 is 5.11 Å². The second kappa shape index (κ2) is 3.50. The van der Waals surface area contributed by atoms with Gasteiger partial charge in [0, 0.05) is 17.5 Å². The zero-order valence-corrected chi connectivity index (χ0v) is 9.01. The first-order valence-electron chi connectivity index (χ1n) is 5.45. The number of Topliss-reactive ketones (excluding diaryl/α,β-unsaturated/α-hetero) is 2. The maximum atomic E-state index is 11.8. The van der Waals surface area contributed by atoms with Crippen LogP contribution in [0, 0.1) is 0 Å². The van der Waals surface area contributed by atoms with Gasteiger partial charge in [-0.15, -0.1) is 0 Å². The quantitative estimate of drug-likeness (QED) is 0.747. The van der Waals surface area contributed by atoms with Crippen LogP contribution >= 0.6 is 0 Å². The standard InChI is InChI=1S/C14H10O3/c15-12-7-13(16)14(17)11-6-9-4-2-1-3-8(9)5-10(11)12/h1-6,13,16H,7H2. The van der Waals surface area contributed by atoms with E-state index in [-0.39, 0.29) is 18.0 Å². The van der Waals surface area contributed by atoms with Crippen LogP contribution in [-0.2, 0) is 0 Å². The summed E-state index contributed by atoms with van der Waals surface area (Å²) in [6.45, 7) is 0. The molecule has 2 aromatic carbocycles. The maximum Gasteiger partial charge on any atom is 0.192 e. The van der Waals surface area contributed by atoms with Crippen molar-refractivity contribution in [2.45, 2.75) is 12.5 Å². The number of ketones is 2. The second-order valence-corrected chi connectivity index (χ2v) is 4.25. The molecular formula is C14H10O3. The molecule has 84 valence electrons. The van der Waals surface area contributed by atoms with E-state index in [0.29, 0.717) is 11.1 Å². The summed E-state index contributed by atoms with van der Waals surface area (Å²) in [7, 11) is 0. The Bertz CT molecular complexity index is 643. The summed E-state index contributed by atoms with van der Waals surface area (Å²) >= 11 is 0. The molecule has 0 radical (unpaired) electrons. The Morgan fingerprint density at radius 2 is 1.59 bits per heavy atom. The summed E-state index contributed by atoms with van der Waals surface area (Å²) < 4.78 is 0. The molecule has 0 fully saturated rings. The first-order chi connectivity index (χ1) is 8.16. The Labute approximate surface area is 97.7 Å². The van der Waals surface area contributed by atoms with Crippen LogP contribution in [0.5, 0.6) is 0 Å². The predicted octanol–water partition coefficient (Wildman–Crippen LogP) is 1.97. The van der Waals surface area contributed by atoms with Gasteiger partial charge in [0.1, 0.15) is 6.10 Å². The Balaban J connectivity index is 2.33. The number of aliphatic hydroxyl groups excluding tert-OH is 1. The van der Waals surface area contributed by atoms with Gasteiger partial charge in [-0.3, -0.25) is 9.59 Å². The van der Waals surface area contributed by atoms with Gasteiger partial charge in [0.05, 0.1) is 0 Å². The SMILES string of the molecule is O=C1CC(O)C(=O)c2cc3ccccc3cc21. The van der Waals surface area contributed by atoms with Crippen LogP contribution in [0.1, 0.15) is 27.1 Å². The van der Waals surface area contributed by atoms with Crippen molar-refractivity contribution in [1.29, 1.82) is 0 Å². The fourth-order valence-corrected chi connectivity index (χ4v) is 2.23. The van der Waals surface area contributed by atoms with Gasteiger partial charge in [0.2, 0.25) is 0 Å². The van der Waals surface area contributed by atoms with Gasteiger partial charge in [0.15, 0.2) is 11.6 Å². The topological polar surface area (TPSA) is 54.4 Å². The van der Waals surface area contributed by atoms with E-state index in [2.05, 4.69) is 0 Å². The number of rotatable bonds is 0. The van der Waals surface area contributed by atoms with Crippen LogP contribution in [0.25, 0.3) is 10.8 Å². The molecule has 1 unspecified atom stereocenters. The summed E-state index contributed by atoms with van der Waals surface area (Å²) in [5, 5.41) is 11.3. The second-order valence-electron chi connectivity index (χ2n) is 4.25. The van der Waals surface area contributed by atoms with Crippen molar-refractivity contribution in [2.75, 3.05) is 0 Å². The number of carbonyl (C=O) groups is 2. The largest absolute Gasteiger partial charge is 0.384 e. The summed E-state index contributed by atoms with van der Waals surface area (Å²) in [6, 6.07) is 11.0. The minimum absolute atomic E-state index is 0.107. The number of hydrogen-bond acceptors (Lipinski definition) is 3. The zero-order chi connectivity index (χ0) is 12.0. The highest BCUT2D eigenvalue weighted by molar-refractivity contribution is 6.18. The molecule has 0 aliphatic heterocycles. The number of fused-ring (bicyclic) bond motifs is 2. The van der Waals surface area contributed by atoms with E-state index in [0.717, 1.165) is 10.8 Å². The van der Waals surface area contributed by atoms with Crippen LogP contribution in [0.4, 0.5) is 0 Å². The molecule has 0 spiro atoms. The fraction of sp³-hybridized carbons (Fsp3) is 0.143. The van der Waals surface area contributed by atoms with Crippen molar-refractivity contribution in [2.24, 2.45) is 0 Å². The zero-order valence-electron chi connectivity index (χ0n) is 9.01. The van der Waals surface area contributed by atoms with Crippen molar-refractivity contribution < 1.29 is 14.7 Å². The highest BCUT2D eigenvalue weighted by atomic mass is 16.3. The molecule has 0 saturated heterocycles. The van der Waals surface area contributed by atoms with Crippen LogP contribution in [0.3, 0.4) is 0 Å². The third-order valence-corrected chi connectivity index (χ3v) is 3.13. The molecule has 1 aliphatic carbocycles. The predicted molar refractivity (Wildman–Crippen MR) is 63.2 cm³/mol. The van der Waals surface area contributed by atoms with Gasteiger partial charge in [-0.1, -0.05) is 24.3 Å². The minimum Gasteiger partial charge on any atom is -0.384 e.